The molecule has 0 bridgehead atoms. The number of likely N-dealkylation sites (tertiary alicyclic amines) is 2. The Labute approximate surface area is 201 Å². The summed E-state index contributed by atoms with van der Waals surface area (Å²) >= 11 is 0. The summed E-state index contributed by atoms with van der Waals surface area (Å²) in [5, 5.41) is 5.97. The fraction of sp³-hybridized carbons (Fsp3) is 0.640. The molecule has 1 aromatic heterocycles. The van der Waals surface area contributed by atoms with Crippen LogP contribution in [0.4, 0.5) is 0 Å². The average Bonchev–Trinajstić information content (AvgIpc) is 2.84. The molecule has 9 nitrogen and oxygen atoms in total. The Morgan fingerprint density at radius 2 is 1.09 bits per heavy atom. The lowest BCUT2D eigenvalue weighted by molar-refractivity contribution is -0.136. The second-order valence-electron chi connectivity index (χ2n) is 9.86. The van der Waals surface area contributed by atoms with Gasteiger partial charge in [0.15, 0.2) is 0 Å². The van der Waals surface area contributed by atoms with Gasteiger partial charge in [0.2, 0.25) is 11.8 Å². The SMILES string of the molecule is CC(C)C(=O)N1CCC(NC(=O)c2cccc(C(=O)NC3CCN(C(=O)C(C)C)CC3)n2)CC1. The number of hydrogen-bond acceptors (Lipinski definition) is 5. The highest BCUT2D eigenvalue weighted by atomic mass is 16.2. The predicted octanol–water partition coefficient (Wildman–Crippen LogP) is 1.84. The lowest BCUT2D eigenvalue weighted by Crippen LogP contribution is -2.48. The number of amides is 4. The first-order chi connectivity index (χ1) is 16.2. The van der Waals surface area contributed by atoms with Crippen molar-refractivity contribution in [2.75, 3.05) is 26.2 Å². The smallest absolute Gasteiger partial charge is 0.270 e. The molecule has 1 aromatic rings. The maximum absolute atomic E-state index is 12.7. The molecule has 2 aliphatic rings. The summed E-state index contributed by atoms with van der Waals surface area (Å²) in [6.45, 7) is 10.1. The molecule has 0 radical (unpaired) electrons. The van der Waals surface area contributed by atoms with E-state index in [1.807, 2.05) is 37.5 Å². The lowest BCUT2D eigenvalue weighted by Gasteiger charge is -2.33. The summed E-state index contributed by atoms with van der Waals surface area (Å²) in [4.78, 5) is 57.7. The number of piperidine rings is 2. The van der Waals surface area contributed by atoms with Gasteiger partial charge in [0, 0.05) is 50.1 Å². The van der Waals surface area contributed by atoms with Gasteiger partial charge in [0.1, 0.15) is 11.4 Å². The molecular formula is C25H37N5O4. The summed E-state index contributed by atoms with van der Waals surface area (Å²) in [7, 11) is 0. The molecular weight excluding hydrogens is 434 g/mol. The van der Waals surface area contributed by atoms with Gasteiger partial charge in [-0.1, -0.05) is 33.8 Å². The molecule has 2 saturated heterocycles. The molecule has 186 valence electrons. The molecule has 0 aliphatic carbocycles. The number of rotatable bonds is 6. The molecule has 0 unspecified atom stereocenters. The highest BCUT2D eigenvalue weighted by Crippen LogP contribution is 2.15. The second-order valence-corrected chi connectivity index (χ2v) is 9.86. The van der Waals surface area contributed by atoms with Crippen molar-refractivity contribution in [3.63, 3.8) is 0 Å². The van der Waals surface area contributed by atoms with Gasteiger partial charge in [-0.2, -0.15) is 0 Å². The standard InChI is InChI=1S/C25H37N5O4/c1-16(2)24(33)29-12-8-18(9-13-29)26-22(31)20-6-5-7-21(28-20)23(32)27-19-10-14-30(15-11-19)25(34)17(3)4/h5-7,16-19H,8-15H2,1-4H3,(H,26,31)(H,27,32). The van der Waals surface area contributed by atoms with Crippen molar-refractivity contribution >= 4 is 23.6 Å². The zero-order valence-corrected chi connectivity index (χ0v) is 20.7. The summed E-state index contributed by atoms with van der Waals surface area (Å²) in [5.41, 5.74) is 0.399. The molecule has 2 aliphatic heterocycles. The fourth-order valence-corrected chi connectivity index (χ4v) is 4.43. The van der Waals surface area contributed by atoms with Gasteiger partial charge in [0.05, 0.1) is 0 Å². The largest absolute Gasteiger partial charge is 0.348 e. The van der Waals surface area contributed by atoms with Crippen LogP contribution in [0.1, 0.15) is 74.4 Å². The van der Waals surface area contributed by atoms with Crippen molar-refractivity contribution in [3.05, 3.63) is 29.6 Å². The van der Waals surface area contributed by atoms with Crippen LogP contribution in [0.2, 0.25) is 0 Å². The zero-order chi connectivity index (χ0) is 24.8. The average molecular weight is 472 g/mol. The van der Waals surface area contributed by atoms with Crippen molar-refractivity contribution in [2.45, 2.75) is 65.5 Å². The lowest BCUT2D eigenvalue weighted by atomic mass is 10.0. The van der Waals surface area contributed by atoms with Crippen LogP contribution in [0.15, 0.2) is 18.2 Å². The first-order valence-electron chi connectivity index (χ1n) is 12.3. The third kappa shape index (κ3) is 6.55. The molecule has 0 atom stereocenters. The highest BCUT2D eigenvalue weighted by Gasteiger charge is 2.27. The van der Waals surface area contributed by atoms with E-state index in [-0.39, 0.29) is 58.9 Å². The molecule has 9 heteroatoms. The number of nitrogens with zero attached hydrogens (tertiary/aromatic N) is 3. The molecule has 34 heavy (non-hydrogen) atoms. The molecule has 2 N–H and O–H groups in total. The van der Waals surface area contributed by atoms with E-state index in [0.29, 0.717) is 51.9 Å². The van der Waals surface area contributed by atoms with E-state index >= 15 is 0 Å². The van der Waals surface area contributed by atoms with Gasteiger partial charge in [0.25, 0.3) is 11.8 Å². The molecule has 0 spiro atoms. The van der Waals surface area contributed by atoms with Crippen LogP contribution < -0.4 is 10.6 Å². The van der Waals surface area contributed by atoms with E-state index in [4.69, 9.17) is 0 Å². The minimum atomic E-state index is -0.316. The quantitative estimate of drug-likeness (QED) is 0.658. The van der Waals surface area contributed by atoms with Gasteiger partial charge in [-0.15, -0.1) is 0 Å². The normalized spacial score (nSPS) is 17.7. The van der Waals surface area contributed by atoms with E-state index in [1.54, 1.807) is 18.2 Å². The van der Waals surface area contributed by atoms with Crippen LogP contribution in [0.5, 0.6) is 0 Å². The number of hydrogen-bond donors (Lipinski definition) is 2. The molecule has 4 amide bonds. The van der Waals surface area contributed by atoms with Crippen LogP contribution in [0.3, 0.4) is 0 Å². The zero-order valence-electron chi connectivity index (χ0n) is 20.7. The van der Waals surface area contributed by atoms with Crippen molar-refractivity contribution in [3.8, 4) is 0 Å². The van der Waals surface area contributed by atoms with E-state index in [2.05, 4.69) is 15.6 Å². The van der Waals surface area contributed by atoms with E-state index in [0.717, 1.165) is 0 Å². The highest BCUT2D eigenvalue weighted by molar-refractivity contribution is 5.96. The third-order valence-electron chi connectivity index (χ3n) is 6.49. The Balaban J connectivity index is 1.50. The van der Waals surface area contributed by atoms with Gasteiger partial charge in [-0.3, -0.25) is 19.2 Å². The predicted molar refractivity (Wildman–Crippen MR) is 128 cm³/mol. The minimum Gasteiger partial charge on any atom is -0.348 e. The van der Waals surface area contributed by atoms with Gasteiger partial charge in [-0.25, -0.2) is 4.98 Å². The maximum Gasteiger partial charge on any atom is 0.270 e. The van der Waals surface area contributed by atoms with E-state index in [1.165, 1.54) is 0 Å². The number of carbonyl (C=O) groups excluding carboxylic acids is 4. The Morgan fingerprint density at radius 1 is 0.735 bits per heavy atom. The monoisotopic (exact) mass is 471 g/mol. The van der Waals surface area contributed by atoms with Crippen LogP contribution in [0.25, 0.3) is 0 Å². The summed E-state index contributed by atoms with van der Waals surface area (Å²) in [6.07, 6.45) is 2.79. The number of carbonyl (C=O) groups is 4. The number of nitrogens with one attached hydrogen (secondary N) is 2. The number of aromatic nitrogens is 1. The van der Waals surface area contributed by atoms with Crippen LogP contribution in [-0.4, -0.2) is 76.7 Å². The second kappa shape index (κ2) is 11.4. The molecule has 3 heterocycles. The molecule has 2 fully saturated rings. The van der Waals surface area contributed by atoms with Crippen LogP contribution >= 0.6 is 0 Å². The van der Waals surface area contributed by atoms with Gasteiger partial charge >= 0.3 is 0 Å². The third-order valence-corrected chi connectivity index (χ3v) is 6.49. The van der Waals surface area contributed by atoms with Crippen LogP contribution in [-0.2, 0) is 9.59 Å². The number of pyridine rings is 1. The summed E-state index contributed by atoms with van der Waals surface area (Å²) in [6, 6.07) is 4.80. The summed E-state index contributed by atoms with van der Waals surface area (Å²) in [5.74, 6) is -0.407. The molecule has 0 aromatic carbocycles. The molecule has 3 rings (SSSR count). The first kappa shape index (κ1) is 25.6. The van der Waals surface area contributed by atoms with E-state index in [9.17, 15) is 19.2 Å². The Morgan fingerprint density at radius 3 is 1.41 bits per heavy atom. The van der Waals surface area contributed by atoms with Crippen molar-refractivity contribution in [1.82, 2.24) is 25.4 Å². The van der Waals surface area contributed by atoms with Crippen LogP contribution in [0, 0.1) is 11.8 Å². The van der Waals surface area contributed by atoms with Gasteiger partial charge < -0.3 is 20.4 Å². The van der Waals surface area contributed by atoms with Gasteiger partial charge in [-0.05, 0) is 37.8 Å². The summed E-state index contributed by atoms with van der Waals surface area (Å²) < 4.78 is 0. The Hall–Kier alpha value is -2.97. The fourth-order valence-electron chi connectivity index (χ4n) is 4.43. The van der Waals surface area contributed by atoms with E-state index < -0.39 is 0 Å². The van der Waals surface area contributed by atoms with Crippen molar-refractivity contribution in [2.24, 2.45) is 11.8 Å². The molecule has 0 saturated carbocycles. The Bertz CT molecular complexity index is 831. The Kier molecular flexibility index (Phi) is 8.63. The van der Waals surface area contributed by atoms with Crippen molar-refractivity contribution < 1.29 is 19.2 Å². The first-order valence-corrected chi connectivity index (χ1v) is 12.3. The topological polar surface area (TPSA) is 112 Å². The van der Waals surface area contributed by atoms with Crippen molar-refractivity contribution in [1.29, 1.82) is 0 Å². The minimum absolute atomic E-state index is 0.0262. The maximum atomic E-state index is 12.7.